The number of aryl methyl sites for hydroxylation is 2. The number of hydrogen-bond donors (Lipinski definition) is 0. The number of ether oxygens (including phenoxy) is 2. The molecule has 0 aliphatic rings. The van der Waals surface area contributed by atoms with Gasteiger partial charge in [0.1, 0.15) is 5.75 Å². The first kappa shape index (κ1) is 13.9. The summed E-state index contributed by atoms with van der Waals surface area (Å²) >= 11 is 3.45. The van der Waals surface area contributed by atoms with Crippen molar-refractivity contribution in [2.45, 2.75) is 19.2 Å². The summed E-state index contributed by atoms with van der Waals surface area (Å²) < 4.78 is 11.3. The molecule has 0 spiro atoms. The standard InChI is InChI=1S/C16H17BrO2/c1-11-4-6-15(16(8-11)18-3)19-14-7-5-13(10-17)9-12(14)2/h4-9H,10H2,1-3H3. The second-order valence-electron chi connectivity index (χ2n) is 4.49. The van der Waals surface area contributed by atoms with Gasteiger partial charge < -0.3 is 9.47 Å². The molecule has 0 unspecified atom stereocenters. The minimum atomic E-state index is 0.739. The Kier molecular flexibility index (Phi) is 4.48. The molecule has 0 atom stereocenters. The molecular formula is C16H17BrO2. The van der Waals surface area contributed by atoms with Crippen LogP contribution in [-0.4, -0.2) is 7.11 Å². The van der Waals surface area contributed by atoms with Gasteiger partial charge in [-0.15, -0.1) is 0 Å². The zero-order chi connectivity index (χ0) is 13.8. The van der Waals surface area contributed by atoms with Gasteiger partial charge in [0.2, 0.25) is 0 Å². The van der Waals surface area contributed by atoms with Crippen LogP contribution in [0.5, 0.6) is 17.2 Å². The number of halogens is 1. The molecule has 0 aliphatic heterocycles. The molecule has 2 rings (SSSR count). The van der Waals surface area contributed by atoms with Gasteiger partial charge in [-0.25, -0.2) is 0 Å². The maximum Gasteiger partial charge on any atom is 0.169 e. The van der Waals surface area contributed by atoms with Crippen LogP contribution in [0, 0.1) is 13.8 Å². The van der Waals surface area contributed by atoms with Crippen LogP contribution in [0.2, 0.25) is 0 Å². The zero-order valence-corrected chi connectivity index (χ0v) is 13.0. The Morgan fingerprint density at radius 3 is 2.32 bits per heavy atom. The second-order valence-corrected chi connectivity index (χ2v) is 5.05. The highest BCUT2D eigenvalue weighted by molar-refractivity contribution is 9.08. The minimum absolute atomic E-state index is 0.739. The highest BCUT2D eigenvalue weighted by Gasteiger charge is 2.08. The SMILES string of the molecule is COc1cc(C)ccc1Oc1ccc(CBr)cc1C. The summed E-state index contributed by atoms with van der Waals surface area (Å²) in [7, 11) is 1.66. The van der Waals surface area contributed by atoms with Crippen LogP contribution in [0.4, 0.5) is 0 Å². The van der Waals surface area contributed by atoms with Gasteiger partial charge in [0.15, 0.2) is 11.5 Å². The number of benzene rings is 2. The van der Waals surface area contributed by atoms with Gasteiger partial charge in [-0.2, -0.15) is 0 Å². The van der Waals surface area contributed by atoms with Gasteiger partial charge in [-0.05, 0) is 48.7 Å². The van der Waals surface area contributed by atoms with Gasteiger partial charge in [0.25, 0.3) is 0 Å². The number of hydrogen-bond acceptors (Lipinski definition) is 2. The second kappa shape index (κ2) is 6.11. The van der Waals surface area contributed by atoms with Crippen molar-refractivity contribution in [3.63, 3.8) is 0 Å². The fourth-order valence-corrected chi connectivity index (χ4v) is 2.24. The van der Waals surface area contributed by atoms with E-state index >= 15 is 0 Å². The smallest absolute Gasteiger partial charge is 0.169 e. The molecule has 0 amide bonds. The quantitative estimate of drug-likeness (QED) is 0.738. The van der Waals surface area contributed by atoms with E-state index in [9.17, 15) is 0 Å². The van der Waals surface area contributed by atoms with Crippen LogP contribution in [0.3, 0.4) is 0 Å². The third-order valence-corrected chi connectivity index (χ3v) is 3.58. The van der Waals surface area contributed by atoms with Crippen molar-refractivity contribution >= 4 is 15.9 Å². The predicted molar refractivity (Wildman–Crippen MR) is 81.6 cm³/mol. The van der Waals surface area contributed by atoms with Crippen molar-refractivity contribution in [2.75, 3.05) is 7.11 Å². The van der Waals surface area contributed by atoms with Crippen molar-refractivity contribution in [3.8, 4) is 17.2 Å². The van der Waals surface area contributed by atoms with Crippen molar-refractivity contribution in [1.82, 2.24) is 0 Å². The number of alkyl halides is 1. The Bertz CT molecular complexity index is 579. The molecule has 2 aromatic rings. The van der Waals surface area contributed by atoms with E-state index < -0.39 is 0 Å². The first-order chi connectivity index (χ1) is 9.13. The van der Waals surface area contributed by atoms with E-state index in [1.807, 2.05) is 38.1 Å². The normalized spacial score (nSPS) is 10.3. The summed E-state index contributed by atoms with van der Waals surface area (Å²) in [5, 5.41) is 0.849. The molecule has 0 bridgehead atoms. The van der Waals surface area contributed by atoms with Gasteiger partial charge >= 0.3 is 0 Å². The molecule has 0 heterocycles. The Labute approximate surface area is 122 Å². The Morgan fingerprint density at radius 1 is 0.947 bits per heavy atom. The highest BCUT2D eigenvalue weighted by atomic mass is 79.9. The first-order valence-electron chi connectivity index (χ1n) is 6.12. The van der Waals surface area contributed by atoms with Crippen molar-refractivity contribution < 1.29 is 9.47 Å². The van der Waals surface area contributed by atoms with E-state index in [0.29, 0.717) is 0 Å². The van der Waals surface area contributed by atoms with Crippen LogP contribution in [-0.2, 0) is 5.33 Å². The van der Waals surface area contributed by atoms with Gasteiger partial charge in [0.05, 0.1) is 7.11 Å². The zero-order valence-electron chi connectivity index (χ0n) is 11.4. The molecule has 100 valence electrons. The van der Waals surface area contributed by atoms with E-state index in [2.05, 4.69) is 28.1 Å². The molecule has 0 fully saturated rings. The fraction of sp³-hybridized carbons (Fsp3) is 0.250. The lowest BCUT2D eigenvalue weighted by Crippen LogP contribution is -1.93. The molecule has 0 saturated carbocycles. The van der Waals surface area contributed by atoms with Crippen molar-refractivity contribution in [1.29, 1.82) is 0 Å². The van der Waals surface area contributed by atoms with E-state index in [4.69, 9.17) is 9.47 Å². The minimum Gasteiger partial charge on any atom is -0.493 e. The molecule has 0 radical (unpaired) electrons. The van der Waals surface area contributed by atoms with Gasteiger partial charge in [0, 0.05) is 5.33 Å². The van der Waals surface area contributed by atoms with E-state index in [0.717, 1.165) is 33.7 Å². The maximum atomic E-state index is 5.95. The monoisotopic (exact) mass is 320 g/mol. The van der Waals surface area contributed by atoms with Crippen LogP contribution in [0.1, 0.15) is 16.7 Å². The average Bonchev–Trinajstić information content (AvgIpc) is 2.42. The Morgan fingerprint density at radius 2 is 1.68 bits per heavy atom. The summed E-state index contributed by atoms with van der Waals surface area (Å²) in [6.45, 7) is 4.07. The number of rotatable bonds is 4. The molecule has 2 aromatic carbocycles. The highest BCUT2D eigenvalue weighted by Crippen LogP contribution is 2.33. The first-order valence-corrected chi connectivity index (χ1v) is 7.24. The van der Waals surface area contributed by atoms with Gasteiger partial charge in [-0.1, -0.05) is 34.1 Å². The lowest BCUT2D eigenvalue weighted by Gasteiger charge is -2.13. The Balaban J connectivity index is 2.31. The van der Waals surface area contributed by atoms with Crippen LogP contribution >= 0.6 is 15.9 Å². The third kappa shape index (κ3) is 3.29. The largest absolute Gasteiger partial charge is 0.493 e. The molecule has 0 aromatic heterocycles. The van der Waals surface area contributed by atoms with Crippen LogP contribution < -0.4 is 9.47 Å². The molecule has 0 aliphatic carbocycles. The van der Waals surface area contributed by atoms with E-state index in [1.165, 1.54) is 5.56 Å². The lowest BCUT2D eigenvalue weighted by molar-refractivity contribution is 0.378. The third-order valence-electron chi connectivity index (χ3n) is 2.93. The summed E-state index contributed by atoms with van der Waals surface area (Å²) in [5.41, 5.74) is 3.50. The summed E-state index contributed by atoms with van der Waals surface area (Å²) in [5.74, 6) is 2.35. The number of methoxy groups -OCH3 is 1. The van der Waals surface area contributed by atoms with Crippen molar-refractivity contribution in [2.24, 2.45) is 0 Å². The molecule has 0 saturated heterocycles. The fourth-order valence-electron chi connectivity index (χ4n) is 1.89. The van der Waals surface area contributed by atoms with Crippen molar-refractivity contribution in [3.05, 3.63) is 53.1 Å². The predicted octanol–water partition coefficient (Wildman–Crippen LogP) is 5.00. The molecule has 19 heavy (non-hydrogen) atoms. The molecule has 2 nitrogen and oxygen atoms in total. The molecule has 0 N–H and O–H groups in total. The summed E-state index contributed by atoms with van der Waals surface area (Å²) in [6.07, 6.45) is 0. The van der Waals surface area contributed by atoms with E-state index in [1.54, 1.807) is 7.11 Å². The molecular weight excluding hydrogens is 304 g/mol. The van der Waals surface area contributed by atoms with Gasteiger partial charge in [-0.3, -0.25) is 0 Å². The topological polar surface area (TPSA) is 18.5 Å². The Hall–Kier alpha value is -1.48. The lowest BCUT2D eigenvalue weighted by atomic mass is 10.1. The maximum absolute atomic E-state index is 5.95. The van der Waals surface area contributed by atoms with Crippen LogP contribution in [0.25, 0.3) is 0 Å². The summed E-state index contributed by atoms with van der Waals surface area (Å²) in [4.78, 5) is 0. The van der Waals surface area contributed by atoms with E-state index in [-0.39, 0.29) is 0 Å². The molecule has 3 heteroatoms. The van der Waals surface area contributed by atoms with Crippen LogP contribution in [0.15, 0.2) is 36.4 Å². The summed E-state index contributed by atoms with van der Waals surface area (Å²) in [6, 6.07) is 12.1. The average molecular weight is 321 g/mol.